The smallest absolute Gasteiger partial charge is 0.265 e. The lowest BCUT2D eigenvalue weighted by atomic mass is 10.2. The van der Waals surface area contributed by atoms with Crippen LogP contribution >= 0.6 is 39.9 Å². The van der Waals surface area contributed by atoms with Gasteiger partial charge < -0.3 is 14.8 Å². The Morgan fingerprint density at radius 1 is 1.23 bits per heavy atom. The molecule has 31 heavy (non-hydrogen) atoms. The van der Waals surface area contributed by atoms with Crippen LogP contribution in [0.1, 0.15) is 18.1 Å². The van der Waals surface area contributed by atoms with Crippen LogP contribution in [0.2, 0.25) is 0 Å². The van der Waals surface area contributed by atoms with Crippen molar-refractivity contribution in [3.05, 3.63) is 56.9 Å². The van der Waals surface area contributed by atoms with E-state index in [0.29, 0.717) is 27.3 Å². The van der Waals surface area contributed by atoms with E-state index in [1.165, 1.54) is 16.7 Å². The lowest BCUT2D eigenvalue weighted by Gasteiger charge is -2.13. The number of thiocarbonyl (C=S) groups is 1. The van der Waals surface area contributed by atoms with E-state index >= 15 is 0 Å². The molecule has 0 saturated carbocycles. The molecule has 0 spiro atoms. The second kappa shape index (κ2) is 10.3. The van der Waals surface area contributed by atoms with E-state index in [4.69, 9.17) is 21.7 Å². The third kappa shape index (κ3) is 5.87. The molecule has 2 aromatic rings. The number of nitrogens with zero attached hydrogens (tertiary/aromatic N) is 1. The van der Waals surface area contributed by atoms with E-state index in [1.54, 1.807) is 31.3 Å². The van der Waals surface area contributed by atoms with Crippen LogP contribution in [0.25, 0.3) is 6.08 Å². The van der Waals surface area contributed by atoms with E-state index in [2.05, 4.69) is 21.2 Å². The van der Waals surface area contributed by atoms with Crippen molar-refractivity contribution in [1.82, 2.24) is 4.90 Å². The fourth-order valence-corrected chi connectivity index (χ4v) is 4.45. The van der Waals surface area contributed by atoms with E-state index in [9.17, 15) is 9.59 Å². The summed E-state index contributed by atoms with van der Waals surface area (Å²) in [6.07, 6.45) is 1.76. The molecule has 1 aliphatic heterocycles. The molecule has 0 aliphatic carbocycles. The zero-order valence-corrected chi connectivity index (χ0v) is 20.4. The molecule has 1 saturated heterocycles. The molecule has 2 aromatic carbocycles. The van der Waals surface area contributed by atoms with E-state index in [-0.39, 0.29) is 18.4 Å². The molecule has 162 valence electrons. The summed E-state index contributed by atoms with van der Waals surface area (Å²) < 4.78 is 12.8. The Morgan fingerprint density at radius 3 is 2.65 bits per heavy atom. The molecule has 1 aliphatic rings. The summed E-state index contributed by atoms with van der Waals surface area (Å²) in [5, 5.41) is 2.84. The quantitative estimate of drug-likeness (QED) is 0.409. The Morgan fingerprint density at radius 2 is 2.00 bits per heavy atom. The molecule has 0 atom stereocenters. The van der Waals surface area contributed by atoms with Crippen molar-refractivity contribution in [2.45, 2.75) is 13.8 Å². The SMILES string of the molecule is CCOc1cc(/C=C2\SC(=S)N(C)C2=O)ccc1OCC(=O)Nc1ccc(Br)cc1C. The average molecular weight is 521 g/mol. The fourth-order valence-electron chi connectivity index (χ4n) is 2.80. The summed E-state index contributed by atoms with van der Waals surface area (Å²) >= 11 is 9.83. The Balaban J connectivity index is 1.70. The van der Waals surface area contributed by atoms with Gasteiger partial charge in [0.25, 0.3) is 11.8 Å². The van der Waals surface area contributed by atoms with Crippen LogP contribution in [-0.2, 0) is 9.59 Å². The summed E-state index contributed by atoms with van der Waals surface area (Å²) in [6, 6.07) is 10.9. The zero-order chi connectivity index (χ0) is 22.5. The second-order valence-electron chi connectivity index (χ2n) is 6.68. The van der Waals surface area contributed by atoms with Crippen LogP contribution in [-0.4, -0.2) is 41.3 Å². The van der Waals surface area contributed by atoms with Crippen LogP contribution in [0.15, 0.2) is 45.8 Å². The van der Waals surface area contributed by atoms with E-state index < -0.39 is 0 Å². The Labute approximate surface area is 199 Å². The minimum atomic E-state index is -0.274. The maximum Gasteiger partial charge on any atom is 0.265 e. The van der Waals surface area contributed by atoms with Gasteiger partial charge in [0.05, 0.1) is 11.5 Å². The summed E-state index contributed by atoms with van der Waals surface area (Å²) in [4.78, 5) is 26.5. The summed E-state index contributed by atoms with van der Waals surface area (Å²) in [5.74, 6) is 0.539. The van der Waals surface area contributed by atoms with Gasteiger partial charge in [-0.25, -0.2) is 0 Å². The topological polar surface area (TPSA) is 67.9 Å². The lowest BCUT2D eigenvalue weighted by molar-refractivity contribution is -0.121. The highest BCUT2D eigenvalue weighted by molar-refractivity contribution is 9.10. The molecule has 1 N–H and O–H groups in total. The van der Waals surface area contributed by atoms with Crippen molar-refractivity contribution < 1.29 is 19.1 Å². The standard InChI is InChI=1S/C22H21BrN2O4S2/c1-4-28-18-10-14(11-19-21(27)25(3)22(30)31-19)5-8-17(18)29-12-20(26)24-16-7-6-15(23)9-13(16)2/h5-11H,4,12H2,1-3H3,(H,24,26)/b19-11-. The number of likely N-dealkylation sites (N-methyl/N-ethyl adjacent to an activating group) is 1. The monoisotopic (exact) mass is 520 g/mol. The number of rotatable bonds is 7. The van der Waals surface area contributed by atoms with Gasteiger partial charge >= 0.3 is 0 Å². The van der Waals surface area contributed by atoms with E-state index in [0.717, 1.165) is 21.3 Å². The van der Waals surface area contributed by atoms with Crippen molar-refractivity contribution in [2.24, 2.45) is 0 Å². The maximum atomic E-state index is 12.3. The number of anilines is 1. The fraction of sp³-hybridized carbons (Fsp3) is 0.227. The van der Waals surface area contributed by atoms with Crippen molar-refractivity contribution in [3.8, 4) is 11.5 Å². The molecule has 0 aromatic heterocycles. The molecule has 1 fully saturated rings. The molecule has 0 bridgehead atoms. The Kier molecular flexibility index (Phi) is 7.74. The number of hydrogen-bond acceptors (Lipinski definition) is 6. The van der Waals surface area contributed by atoms with Gasteiger partial charge in [-0.05, 0) is 61.4 Å². The van der Waals surface area contributed by atoms with Gasteiger partial charge in [-0.3, -0.25) is 14.5 Å². The predicted molar refractivity (Wildman–Crippen MR) is 132 cm³/mol. The minimum Gasteiger partial charge on any atom is -0.490 e. The number of benzene rings is 2. The number of hydrogen-bond donors (Lipinski definition) is 1. The number of aryl methyl sites for hydroxylation is 1. The molecule has 0 radical (unpaired) electrons. The van der Waals surface area contributed by atoms with Gasteiger partial charge in [-0.1, -0.05) is 46.0 Å². The van der Waals surface area contributed by atoms with Crippen molar-refractivity contribution in [3.63, 3.8) is 0 Å². The molecule has 9 heteroatoms. The maximum absolute atomic E-state index is 12.3. The highest BCUT2D eigenvalue weighted by Gasteiger charge is 2.28. The van der Waals surface area contributed by atoms with Crippen LogP contribution < -0.4 is 14.8 Å². The molecule has 6 nitrogen and oxygen atoms in total. The van der Waals surface area contributed by atoms with Crippen LogP contribution in [0.5, 0.6) is 11.5 Å². The first-order chi connectivity index (χ1) is 14.8. The van der Waals surface area contributed by atoms with Gasteiger partial charge in [0.1, 0.15) is 4.32 Å². The van der Waals surface area contributed by atoms with Crippen molar-refractivity contribution in [2.75, 3.05) is 25.6 Å². The Hall–Kier alpha value is -2.36. The molecule has 2 amide bonds. The number of halogens is 1. The first-order valence-corrected chi connectivity index (χ1v) is 11.5. The van der Waals surface area contributed by atoms with Gasteiger partial charge in [0.15, 0.2) is 18.1 Å². The number of carbonyl (C=O) groups is 2. The summed E-state index contributed by atoms with van der Waals surface area (Å²) in [6.45, 7) is 4.05. The molecule has 0 unspecified atom stereocenters. The van der Waals surface area contributed by atoms with Crippen LogP contribution in [0.3, 0.4) is 0 Å². The van der Waals surface area contributed by atoms with Crippen LogP contribution in [0.4, 0.5) is 5.69 Å². The number of amides is 2. The number of ether oxygens (including phenoxy) is 2. The highest BCUT2D eigenvalue weighted by Crippen LogP contribution is 2.34. The first kappa shape index (κ1) is 23.3. The van der Waals surface area contributed by atoms with Crippen molar-refractivity contribution >= 4 is 67.8 Å². The summed E-state index contributed by atoms with van der Waals surface area (Å²) in [7, 11) is 1.65. The largest absolute Gasteiger partial charge is 0.490 e. The second-order valence-corrected chi connectivity index (χ2v) is 9.27. The lowest BCUT2D eigenvalue weighted by Crippen LogP contribution is -2.22. The van der Waals surface area contributed by atoms with Gasteiger partial charge in [-0.2, -0.15) is 0 Å². The third-order valence-electron chi connectivity index (χ3n) is 4.37. The van der Waals surface area contributed by atoms with Crippen molar-refractivity contribution in [1.29, 1.82) is 0 Å². The molecule has 1 heterocycles. The molecular formula is C22H21BrN2O4S2. The predicted octanol–water partition coefficient (Wildman–Crippen LogP) is 5.00. The Bertz CT molecular complexity index is 1070. The van der Waals surface area contributed by atoms with E-state index in [1.807, 2.05) is 32.0 Å². The average Bonchev–Trinajstić information content (AvgIpc) is 2.96. The minimum absolute atomic E-state index is 0.131. The molecular weight excluding hydrogens is 500 g/mol. The number of carbonyl (C=O) groups excluding carboxylic acids is 2. The first-order valence-electron chi connectivity index (χ1n) is 9.45. The number of nitrogens with one attached hydrogen (secondary N) is 1. The highest BCUT2D eigenvalue weighted by atomic mass is 79.9. The zero-order valence-electron chi connectivity index (χ0n) is 17.2. The number of thioether (sulfide) groups is 1. The van der Waals surface area contributed by atoms with Crippen LogP contribution in [0, 0.1) is 6.92 Å². The third-order valence-corrected chi connectivity index (χ3v) is 6.35. The summed E-state index contributed by atoms with van der Waals surface area (Å²) in [5.41, 5.74) is 2.45. The normalized spacial score (nSPS) is 14.8. The van der Waals surface area contributed by atoms with Gasteiger partial charge in [0, 0.05) is 17.2 Å². The van der Waals surface area contributed by atoms with Gasteiger partial charge in [-0.15, -0.1) is 0 Å². The van der Waals surface area contributed by atoms with Gasteiger partial charge in [0.2, 0.25) is 0 Å². The molecule has 3 rings (SSSR count).